The summed E-state index contributed by atoms with van der Waals surface area (Å²) in [4.78, 5) is 0. The quantitative estimate of drug-likeness (QED) is 0.633. The number of unbranched alkanes of at least 4 members (excludes halogenated alkanes) is 1. The van der Waals surface area contributed by atoms with Crippen LogP contribution in [0.1, 0.15) is 33.1 Å². The molecule has 0 bridgehead atoms. The maximum Gasteiger partial charge on any atom is 0.116 e. The summed E-state index contributed by atoms with van der Waals surface area (Å²) < 4.78 is 11.8. The van der Waals surface area contributed by atoms with E-state index in [0.29, 0.717) is 0 Å². The van der Waals surface area contributed by atoms with Gasteiger partial charge in [0, 0.05) is 0 Å². The molecule has 0 saturated carbocycles. The Hall–Kier alpha value is -0.110. The molecule has 0 radical (unpaired) electrons. The average molecular weight is 148 g/mol. The first-order chi connectivity index (χ1) is 4.72. The number of aliphatic hydroxyl groups excluding tert-OH is 1. The molecular formula is C8H17FO. The van der Waals surface area contributed by atoms with Crippen LogP contribution in [0, 0.1) is 5.92 Å². The fraction of sp³-hybridized carbons (Fsp3) is 1.00. The first kappa shape index (κ1) is 9.89. The largest absolute Gasteiger partial charge is 0.390 e. The predicted molar refractivity (Wildman–Crippen MR) is 40.7 cm³/mol. The molecule has 0 spiro atoms. The van der Waals surface area contributed by atoms with E-state index in [9.17, 15) is 4.39 Å². The molecule has 0 fully saturated rings. The standard InChI is InChI=1S/C8H17FO/c1-3-4-5-7(2)8(10)6-9/h7-8,10H,3-6H2,1-2H3/t7-,8?/m1/s1. The summed E-state index contributed by atoms with van der Waals surface area (Å²) >= 11 is 0. The van der Waals surface area contributed by atoms with Crippen LogP contribution in [0.25, 0.3) is 0 Å². The summed E-state index contributed by atoms with van der Waals surface area (Å²) in [5, 5.41) is 8.98. The smallest absolute Gasteiger partial charge is 0.116 e. The van der Waals surface area contributed by atoms with E-state index >= 15 is 0 Å². The Morgan fingerprint density at radius 3 is 2.50 bits per heavy atom. The van der Waals surface area contributed by atoms with Crippen molar-refractivity contribution in [2.75, 3.05) is 6.67 Å². The molecule has 10 heavy (non-hydrogen) atoms. The number of alkyl halides is 1. The molecule has 2 heteroatoms. The second kappa shape index (κ2) is 5.66. The molecule has 0 aromatic heterocycles. The third-order valence-electron chi connectivity index (χ3n) is 1.83. The Bertz CT molecular complexity index is 75.7. The number of hydrogen-bond donors (Lipinski definition) is 1. The van der Waals surface area contributed by atoms with Gasteiger partial charge in [-0.05, 0) is 12.3 Å². The minimum absolute atomic E-state index is 0.116. The van der Waals surface area contributed by atoms with Crippen molar-refractivity contribution in [3.8, 4) is 0 Å². The first-order valence-corrected chi connectivity index (χ1v) is 3.96. The van der Waals surface area contributed by atoms with E-state index in [1.807, 2.05) is 6.92 Å². The van der Waals surface area contributed by atoms with Gasteiger partial charge in [0.15, 0.2) is 0 Å². The van der Waals surface area contributed by atoms with Crippen LogP contribution in [0.4, 0.5) is 4.39 Å². The van der Waals surface area contributed by atoms with Gasteiger partial charge < -0.3 is 5.11 Å². The van der Waals surface area contributed by atoms with Gasteiger partial charge in [-0.1, -0.05) is 26.7 Å². The number of halogens is 1. The fourth-order valence-electron chi connectivity index (χ4n) is 0.871. The lowest BCUT2D eigenvalue weighted by molar-refractivity contribution is 0.0835. The zero-order valence-corrected chi connectivity index (χ0v) is 6.81. The van der Waals surface area contributed by atoms with E-state index in [1.54, 1.807) is 0 Å². The van der Waals surface area contributed by atoms with Crippen molar-refractivity contribution >= 4 is 0 Å². The first-order valence-electron chi connectivity index (χ1n) is 3.96. The van der Waals surface area contributed by atoms with Gasteiger partial charge in [0.05, 0.1) is 6.10 Å². The Kier molecular flexibility index (Phi) is 5.60. The second-order valence-electron chi connectivity index (χ2n) is 2.84. The SMILES string of the molecule is CCCC[C@@H](C)C(O)CF. The molecule has 0 aromatic rings. The summed E-state index contributed by atoms with van der Waals surface area (Å²) in [6.45, 7) is 3.37. The van der Waals surface area contributed by atoms with E-state index in [1.165, 1.54) is 0 Å². The number of aliphatic hydroxyl groups is 1. The maximum atomic E-state index is 11.8. The van der Waals surface area contributed by atoms with E-state index in [4.69, 9.17) is 5.11 Å². The normalized spacial score (nSPS) is 16.8. The molecule has 0 amide bonds. The van der Waals surface area contributed by atoms with Gasteiger partial charge in [-0.15, -0.1) is 0 Å². The molecule has 0 heterocycles. The van der Waals surface area contributed by atoms with Gasteiger partial charge in [-0.3, -0.25) is 0 Å². The van der Waals surface area contributed by atoms with Crippen LogP contribution < -0.4 is 0 Å². The van der Waals surface area contributed by atoms with Crippen LogP contribution >= 0.6 is 0 Å². The molecule has 0 aliphatic rings. The topological polar surface area (TPSA) is 20.2 Å². The molecule has 2 atom stereocenters. The van der Waals surface area contributed by atoms with Gasteiger partial charge in [0.2, 0.25) is 0 Å². The summed E-state index contributed by atoms with van der Waals surface area (Å²) in [5.74, 6) is 0.116. The highest BCUT2D eigenvalue weighted by Gasteiger charge is 2.12. The number of hydrogen-bond acceptors (Lipinski definition) is 1. The van der Waals surface area contributed by atoms with Gasteiger partial charge in [-0.2, -0.15) is 0 Å². The lowest BCUT2D eigenvalue weighted by Crippen LogP contribution is -2.19. The molecule has 0 aromatic carbocycles. The van der Waals surface area contributed by atoms with Crippen molar-refractivity contribution in [3.05, 3.63) is 0 Å². The van der Waals surface area contributed by atoms with Crippen LogP contribution in [-0.2, 0) is 0 Å². The van der Waals surface area contributed by atoms with Crippen molar-refractivity contribution in [2.45, 2.75) is 39.2 Å². The van der Waals surface area contributed by atoms with E-state index in [-0.39, 0.29) is 5.92 Å². The summed E-state index contributed by atoms with van der Waals surface area (Å²) in [6.07, 6.45) is 2.38. The third-order valence-corrected chi connectivity index (χ3v) is 1.83. The van der Waals surface area contributed by atoms with Gasteiger partial charge in [0.25, 0.3) is 0 Å². The molecular weight excluding hydrogens is 131 g/mol. The molecule has 1 N–H and O–H groups in total. The lowest BCUT2D eigenvalue weighted by atomic mass is 9.99. The van der Waals surface area contributed by atoms with Crippen LogP contribution in [0.2, 0.25) is 0 Å². The predicted octanol–water partition coefficient (Wildman–Crippen LogP) is 2.14. The molecule has 0 rings (SSSR count). The zero-order chi connectivity index (χ0) is 7.98. The van der Waals surface area contributed by atoms with Crippen LogP contribution in [0.3, 0.4) is 0 Å². The minimum atomic E-state index is -0.744. The summed E-state index contributed by atoms with van der Waals surface area (Å²) in [7, 11) is 0. The highest BCUT2D eigenvalue weighted by atomic mass is 19.1. The Labute approximate surface area is 62.3 Å². The highest BCUT2D eigenvalue weighted by Crippen LogP contribution is 2.12. The third kappa shape index (κ3) is 3.83. The van der Waals surface area contributed by atoms with Crippen molar-refractivity contribution in [3.63, 3.8) is 0 Å². The zero-order valence-electron chi connectivity index (χ0n) is 6.81. The molecule has 0 aliphatic heterocycles. The fourth-order valence-corrected chi connectivity index (χ4v) is 0.871. The van der Waals surface area contributed by atoms with Crippen molar-refractivity contribution in [2.24, 2.45) is 5.92 Å². The molecule has 0 saturated heterocycles. The average Bonchev–Trinajstić information content (AvgIpc) is 1.98. The van der Waals surface area contributed by atoms with Crippen molar-refractivity contribution < 1.29 is 9.50 Å². The highest BCUT2D eigenvalue weighted by molar-refractivity contribution is 4.62. The Morgan fingerprint density at radius 1 is 1.50 bits per heavy atom. The molecule has 1 unspecified atom stereocenters. The van der Waals surface area contributed by atoms with Crippen LogP contribution in [0.15, 0.2) is 0 Å². The Balaban J connectivity index is 3.31. The van der Waals surface area contributed by atoms with Crippen LogP contribution in [0.5, 0.6) is 0 Å². The summed E-state index contributed by atoms with van der Waals surface area (Å²) in [6, 6.07) is 0. The minimum Gasteiger partial charge on any atom is -0.390 e. The van der Waals surface area contributed by atoms with Gasteiger partial charge in [-0.25, -0.2) is 4.39 Å². The molecule has 1 nitrogen and oxygen atoms in total. The second-order valence-corrected chi connectivity index (χ2v) is 2.84. The van der Waals surface area contributed by atoms with Crippen molar-refractivity contribution in [1.82, 2.24) is 0 Å². The van der Waals surface area contributed by atoms with E-state index in [2.05, 4.69) is 6.92 Å². The monoisotopic (exact) mass is 148 g/mol. The Morgan fingerprint density at radius 2 is 2.10 bits per heavy atom. The molecule has 0 aliphatic carbocycles. The van der Waals surface area contributed by atoms with Gasteiger partial charge in [0.1, 0.15) is 6.67 Å². The van der Waals surface area contributed by atoms with Gasteiger partial charge >= 0.3 is 0 Å². The molecule has 62 valence electrons. The number of rotatable bonds is 5. The van der Waals surface area contributed by atoms with Crippen LogP contribution in [-0.4, -0.2) is 17.9 Å². The lowest BCUT2D eigenvalue weighted by Gasteiger charge is -2.14. The summed E-state index contributed by atoms with van der Waals surface area (Å²) in [5.41, 5.74) is 0. The van der Waals surface area contributed by atoms with Crippen molar-refractivity contribution in [1.29, 1.82) is 0 Å². The van der Waals surface area contributed by atoms with E-state index in [0.717, 1.165) is 19.3 Å². The van der Waals surface area contributed by atoms with E-state index < -0.39 is 12.8 Å². The maximum absolute atomic E-state index is 11.8.